The van der Waals surface area contributed by atoms with Gasteiger partial charge in [0.1, 0.15) is 0 Å². The summed E-state index contributed by atoms with van der Waals surface area (Å²) >= 11 is 0. The fourth-order valence-corrected chi connectivity index (χ4v) is 1.58. The van der Waals surface area contributed by atoms with Crippen LogP contribution in [0.25, 0.3) is 11.1 Å². The molecule has 1 heteroatoms. The molecular formula is C15H19N. The van der Waals surface area contributed by atoms with Crippen molar-refractivity contribution in [2.75, 3.05) is 5.73 Å². The average molecular weight is 213 g/mol. The maximum Gasteiger partial charge on any atom is 0.0349 e. The van der Waals surface area contributed by atoms with Crippen LogP contribution in [0.3, 0.4) is 0 Å². The van der Waals surface area contributed by atoms with Crippen LogP contribution in [0.5, 0.6) is 0 Å². The van der Waals surface area contributed by atoms with Crippen LogP contribution in [0, 0.1) is 6.92 Å². The third-order valence-electron chi connectivity index (χ3n) is 2.46. The maximum atomic E-state index is 5.86. The molecule has 0 heterocycles. The molecule has 0 aliphatic rings. The molecule has 0 saturated heterocycles. The van der Waals surface area contributed by atoms with Crippen LogP contribution >= 0.6 is 0 Å². The van der Waals surface area contributed by atoms with Crippen molar-refractivity contribution in [2.45, 2.75) is 20.8 Å². The van der Waals surface area contributed by atoms with Gasteiger partial charge in [-0.1, -0.05) is 56.3 Å². The van der Waals surface area contributed by atoms with E-state index in [-0.39, 0.29) is 0 Å². The quantitative estimate of drug-likeness (QED) is 0.703. The monoisotopic (exact) mass is 213 g/mol. The van der Waals surface area contributed by atoms with Gasteiger partial charge in [-0.2, -0.15) is 0 Å². The summed E-state index contributed by atoms with van der Waals surface area (Å²) in [4.78, 5) is 0. The summed E-state index contributed by atoms with van der Waals surface area (Å²) in [6, 6.07) is 16.3. The summed E-state index contributed by atoms with van der Waals surface area (Å²) in [5.41, 5.74) is 10.3. The SMILES string of the molecule is CC.Cc1c(N)cccc1-c1ccccc1. The molecule has 0 aromatic heterocycles. The predicted octanol–water partition coefficient (Wildman–Crippen LogP) is 4.27. The summed E-state index contributed by atoms with van der Waals surface area (Å²) < 4.78 is 0. The van der Waals surface area contributed by atoms with Gasteiger partial charge < -0.3 is 5.73 Å². The highest BCUT2D eigenvalue weighted by atomic mass is 14.6. The Kier molecular flexibility index (Phi) is 4.59. The number of anilines is 1. The zero-order chi connectivity index (χ0) is 12.0. The van der Waals surface area contributed by atoms with Gasteiger partial charge >= 0.3 is 0 Å². The van der Waals surface area contributed by atoms with Gasteiger partial charge in [-0.25, -0.2) is 0 Å². The van der Waals surface area contributed by atoms with Crippen molar-refractivity contribution in [3.63, 3.8) is 0 Å². The predicted molar refractivity (Wildman–Crippen MR) is 72.4 cm³/mol. The Labute approximate surface area is 97.9 Å². The molecule has 2 aromatic rings. The number of rotatable bonds is 1. The van der Waals surface area contributed by atoms with Crippen LogP contribution in [0.15, 0.2) is 48.5 Å². The molecule has 0 spiro atoms. The molecule has 1 nitrogen and oxygen atoms in total. The normalized spacial score (nSPS) is 9.19. The summed E-state index contributed by atoms with van der Waals surface area (Å²) in [5.74, 6) is 0. The number of nitrogens with two attached hydrogens (primary N) is 1. The number of hydrogen-bond acceptors (Lipinski definition) is 1. The number of benzene rings is 2. The van der Waals surface area contributed by atoms with Gasteiger partial charge in [-0.05, 0) is 29.7 Å². The Balaban J connectivity index is 0.000000606. The van der Waals surface area contributed by atoms with Crippen molar-refractivity contribution < 1.29 is 0 Å². The highest BCUT2D eigenvalue weighted by Gasteiger charge is 2.02. The van der Waals surface area contributed by atoms with Crippen LogP contribution in [0.2, 0.25) is 0 Å². The molecule has 0 unspecified atom stereocenters. The molecule has 16 heavy (non-hydrogen) atoms. The average Bonchev–Trinajstić information content (AvgIpc) is 2.36. The second kappa shape index (κ2) is 5.96. The Morgan fingerprint density at radius 2 is 1.44 bits per heavy atom. The first-order valence-corrected chi connectivity index (χ1v) is 5.69. The molecule has 84 valence electrons. The zero-order valence-corrected chi connectivity index (χ0v) is 10.2. The number of nitrogen functional groups attached to an aromatic ring is 1. The molecule has 2 rings (SSSR count). The van der Waals surface area contributed by atoms with Gasteiger partial charge in [0.2, 0.25) is 0 Å². The lowest BCUT2D eigenvalue weighted by Crippen LogP contribution is -1.91. The Morgan fingerprint density at radius 1 is 0.812 bits per heavy atom. The van der Waals surface area contributed by atoms with E-state index in [4.69, 9.17) is 5.73 Å². The van der Waals surface area contributed by atoms with Crippen LogP contribution < -0.4 is 5.73 Å². The van der Waals surface area contributed by atoms with E-state index in [0.29, 0.717) is 0 Å². The first-order valence-electron chi connectivity index (χ1n) is 5.69. The summed E-state index contributed by atoms with van der Waals surface area (Å²) in [5, 5.41) is 0. The molecule has 0 amide bonds. The molecule has 0 aliphatic heterocycles. The first kappa shape index (κ1) is 12.3. The van der Waals surface area contributed by atoms with E-state index in [0.717, 1.165) is 11.3 Å². The molecule has 0 saturated carbocycles. The lowest BCUT2D eigenvalue weighted by atomic mass is 10.00. The summed E-state index contributed by atoms with van der Waals surface area (Å²) in [6.07, 6.45) is 0. The van der Waals surface area contributed by atoms with Crippen molar-refractivity contribution in [1.29, 1.82) is 0 Å². The lowest BCUT2D eigenvalue weighted by Gasteiger charge is -2.07. The van der Waals surface area contributed by atoms with E-state index < -0.39 is 0 Å². The van der Waals surface area contributed by atoms with Gasteiger partial charge in [0.15, 0.2) is 0 Å². The van der Waals surface area contributed by atoms with Gasteiger partial charge in [0.25, 0.3) is 0 Å². The fourth-order valence-electron chi connectivity index (χ4n) is 1.58. The van der Waals surface area contributed by atoms with E-state index in [9.17, 15) is 0 Å². The van der Waals surface area contributed by atoms with E-state index in [2.05, 4.69) is 25.1 Å². The molecule has 2 aromatic carbocycles. The fraction of sp³-hybridized carbons (Fsp3) is 0.200. The van der Waals surface area contributed by atoms with Gasteiger partial charge in [-0.15, -0.1) is 0 Å². The van der Waals surface area contributed by atoms with Crippen LogP contribution in [0.1, 0.15) is 19.4 Å². The van der Waals surface area contributed by atoms with Gasteiger partial charge in [0.05, 0.1) is 0 Å². The van der Waals surface area contributed by atoms with Crippen molar-refractivity contribution in [2.24, 2.45) is 0 Å². The minimum atomic E-state index is 0.853. The van der Waals surface area contributed by atoms with Crippen LogP contribution in [-0.4, -0.2) is 0 Å². The minimum Gasteiger partial charge on any atom is -0.398 e. The Hall–Kier alpha value is -1.76. The second-order valence-corrected chi connectivity index (χ2v) is 3.39. The van der Waals surface area contributed by atoms with E-state index >= 15 is 0 Å². The van der Waals surface area contributed by atoms with E-state index in [1.807, 2.05) is 44.2 Å². The molecule has 0 radical (unpaired) electrons. The molecular weight excluding hydrogens is 194 g/mol. The topological polar surface area (TPSA) is 26.0 Å². The Bertz CT molecular complexity index is 432. The summed E-state index contributed by atoms with van der Waals surface area (Å²) in [6.45, 7) is 6.05. The highest BCUT2D eigenvalue weighted by Crippen LogP contribution is 2.26. The molecule has 0 bridgehead atoms. The van der Waals surface area contributed by atoms with E-state index in [1.165, 1.54) is 11.1 Å². The molecule has 0 atom stereocenters. The largest absolute Gasteiger partial charge is 0.398 e. The minimum absolute atomic E-state index is 0.853. The standard InChI is InChI=1S/C13H13N.C2H6/c1-10-12(8-5-9-13(10)14)11-6-3-2-4-7-11;1-2/h2-9H,14H2,1H3;1-2H3. The Morgan fingerprint density at radius 3 is 2.06 bits per heavy atom. The zero-order valence-electron chi connectivity index (χ0n) is 10.2. The van der Waals surface area contributed by atoms with Crippen molar-refractivity contribution in [3.8, 4) is 11.1 Å². The smallest absolute Gasteiger partial charge is 0.0349 e. The van der Waals surface area contributed by atoms with Gasteiger partial charge in [-0.3, -0.25) is 0 Å². The van der Waals surface area contributed by atoms with Crippen molar-refractivity contribution in [1.82, 2.24) is 0 Å². The third-order valence-corrected chi connectivity index (χ3v) is 2.46. The summed E-state index contributed by atoms with van der Waals surface area (Å²) in [7, 11) is 0. The second-order valence-electron chi connectivity index (χ2n) is 3.39. The van der Waals surface area contributed by atoms with Gasteiger partial charge in [0, 0.05) is 5.69 Å². The lowest BCUT2D eigenvalue weighted by molar-refractivity contribution is 1.46. The molecule has 0 fully saturated rings. The molecule has 0 aliphatic carbocycles. The van der Waals surface area contributed by atoms with Crippen LogP contribution in [0.4, 0.5) is 5.69 Å². The molecule has 2 N–H and O–H groups in total. The van der Waals surface area contributed by atoms with Crippen molar-refractivity contribution in [3.05, 3.63) is 54.1 Å². The van der Waals surface area contributed by atoms with Crippen molar-refractivity contribution >= 4 is 5.69 Å². The number of hydrogen-bond donors (Lipinski definition) is 1. The third kappa shape index (κ3) is 2.63. The van der Waals surface area contributed by atoms with E-state index in [1.54, 1.807) is 0 Å². The maximum absolute atomic E-state index is 5.86. The van der Waals surface area contributed by atoms with Crippen LogP contribution in [-0.2, 0) is 0 Å². The first-order chi connectivity index (χ1) is 7.79. The highest BCUT2D eigenvalue weighted by molar-refractivity contribution is 5.72.